The topological polar surface area (TPSA) is 32.3 Å². The van der Waals surface area contributed by atoms with E-state index in [-0.39, 0.29) is 5.82 Å². The number of hydrogen-bond donors (Lipinski definition) is 0. The Kier molecular flexibility index (Phi) is 3.81. The Balaban J connectivity index is 1.59. The number of thiophene rings is 1. The van der Waals surface area contributed by atoms with Crippen LogP contribution in [0.15, 0.2) is 23.0 Å². The van der Waals surface area contributed by atoms with E-state index >= 15 is 0 Å². The van der Waals surface area contributed by atoms with Crippen molar-refractivity contribution in [1.29, 1.82) is 0 Å². The molecule has 0 radical (unpaired) electrons. The highest BCUT2D eigenvalue weighted by atomic mass is 32.1. The molecule has 0 aliphatic carbocycles. The van der Waals surface area contributed by atoms with Crippen LogP contribution in [0.3, 0.4) is 0 Å². The Hall–Kier alpha value is -1.53. The molecule has 1 atom stereocenters. The normalized spacial score (nSPS) is 25.4. The maximum atomic E-state index is 14.1. The van der Waals surface area contributed by atoms with Gasteiger partial charge in [-0.05, 0) is 44.3 Å². The lowest BCUT2D eigenvalue weighted by atomic mass is 9.79. The highest BCUT2D eigenvalue weighted by Gasteiger charge is 2.41. The van der Waals surface area contributed by atoms with Crippen molar-refractivity contribution in [3.63, 3.8) is 0 Å². The minimum atomic E-state index is -0.349. The van der Waals surface area contributed by atoms with Crippen LogP contribution < -0.4 is 4.90 Å². The standard InChI is InChI=1S/C17H21FN4S/c1-21-6-2-4-17(11-21)5-7-22(12-17)16-19-9-14(18)15(20-16)13-3-8-23-10-13/h3,8-10H,2,4-7,11-12H2,1H3/t17-/m1/s1. The fraction of sp³-hybridized carbons (Fsp3) is 0.529. The minimum absolute atomic E-state index is 0.349. The van der Waals surface area contributed by atoms with Crippen molar-refractivity contribution in [2.75, 3.05) is 38.1 Å². The Bertz CT molecular complexity index is 690. The van der Waals surface area contributed by atoms with Crippen molar-refractivity contribution in [3.05, 3.63) is 28.8 Å². The van der Waals surface area contributed by atoms with Crippen molar-refractivity contribution < 1.29 is 4.39 Å². The maximum absolute atomic E-state index is 14.1. The first-order valence-electron chi connectivity index (χ1n) is 8.14. The SMILES string of the molecule is CN1CCC[C@@]2(CCN(c3ncc(F)c(-c4ccsc4)n3)C2)C1. The quantitative estimate of drug-likeness (QED) is 0.845. The summed E-state index contributed by atoms with van der Waals surface area (Å²) >= 11 is 1.55. The van der Waals surface area contributed by atoms with Crippen LogP contribution >= 0.6 is 11.3 Å². The summed E-state index contributed by atoms with van der Waals surface area (Å²) < 4.78 is 14.1. The van der Waals surface area contributed by atoms with Gasteiger partial charge >= 0.3 is 0 Å². The fourth-order valence-electron chi connectivity index (χ4n) is 4.01. The number of hydrogen-bond acceptors (Lipinski definition) is 5. The molecule has 0 aromatic carbocycles. The number of piperidine rings is 1. The largest absolute Gasteiger partial charge is 0.340 e. The predicted octanol–water partition coefficient (Wildman–Crippen LogP) is 3.27. The van der Waals surface area contributed by atoms with Crippen LogP contribution in [0.5, 0.6) is 0 Å². The zero-order valence-electron chi connectivity index (χ0n) is 13.3. The van der Waals surface area contributed by atoms with Gasteiger partial charge in [0.2, 0.25) is 5.95 Å². The number of likely N-dealkylation sites (tertiary alicyclic amines) is 1. The predicted molar refractivity (Wildman–Crippen MR) is 91.3 cm³/mol. The van der Waals surface area contributed by atoms with E-state index in [1.807, 2.05) is 16.8 Å². The molecule has 0 bridgehead atoms. The Morgan fingerprint density at radius 2 is 2.17 bits per heavy atom. The van der Waals surface area contributed by atoms with Crippen LogP contribution in [0.4, 0.5) is 10.3 Å². The van der Waals surface area contributed by atoms with E-state index in [4.69, 9.17) is 0 Å². The first kappa shape index (κ1) is 15.0. The number of rotatable bonds is 2. The van der Waals surface area contributed by atoms with Gasteiger partial charge in [0.25, 0.3) is 0 Å². The van der Waals surface area contributed by atoms with Gasteiger partial charge in [0.1, 0.15) is 5.69 Å². The molecule has 2 aromatic heterocycles. The molecule has 2 aliphatic heterocycles. The number of halogens is 1. The van der Waals surface area contributed by atoms with Crippen molar-refractivity contribution in [3.8, 4) is 11.3 Å². The molecule has 2 aliphatic rings. The Labute approximate surface area is 140 Å². The molecule has 0 saturated carbocycles. The molecule has 6 heteroatoms. The van der Waals surface area contributed by atoms with Crippen LogP contribution in [-0.4, -0.2) is 48.1 Å². The lowest BCUT2D eigenvalue weighted by molar-refractivity contribution is 0.128. The molecule has 0 amide bonds. The Morgan fingerprint density at radius 1 is 1.26 bits per heavy atom. The smallest absolute Gasteiger partial charge is 0.226 e. The minimum Gasteiger partial charge on any atom is -0.340 e. The average Bonchev–Trinajstić information content (AvgIpc) is 3.18. The van der Waals surface area contributed by atoms with Crippen LogP contribution in [0.2, 0.25) is 0 Å². The van der Waals surface area contributed by atoms with Crippen LogP contribution in [0.25, 0.3) is 11.3 Å². The second kappa shape index (κ2) is 5.83. The van der Waals surface area contributed by atoms with Crippen molar-refractivity contribution in [2.45, 2.75) is 19.3 Å². The average molecular weight is 332 g/mol. The molecule has 2 fully saturated rings. The second-order valence-corrected chi connectivity index (χ2v) is 7.67. The summed E-state index contributed by atoms with van der Waals surface area (Å²) in [4.78, 5) is 13.4. The number of aromatic nitrogens is 2. The highest BCUT2D eigenvalue weighted by Crippen LogP contribution is 2.39. The van der Waals surface area contributed by atoms with Gasteiger partial charge in [-0.3, -0.25) is 0 Å². The zero-order valence-corrected chi connectivity index (χ0v) is 14.2. The van der Waals surface area contributed by atoms with Gasteiger partial charge in [0, 0.05) is 36.0 Å². The number of anilines is 1. The molecule has 23 heavy (non-hydrogen) atoms. The van der Waals surface area contributed by atoms with E-state index in [9.17, 15) is 4.39 Å². The van der Waals surface area contributed by atoms with Crippen LogP contribution in [0, 0.1) is 11.2 Å². The van der Waals surface area contributed by atoms with Crippen LogP contribution in [-0.2, 0) is 0 Å². The molecule has 4 heterocycles. The monoisotopic (exact) mass is 332 g/mol. The summed E-state index contributed by atoms with van der Waals surface area (Å²) in [6.45, 7) is 4.27. The Morgan fingerprint density at radius 3 is 2.96 bits per heavy atom. The maximum Gasteiger partial charge on any atom is 0.226 e. The van der Waals surface area contributed by atoms with Gasteiger partial charge in [0.05, 0.1) is 6.20 Å². The third kappa shape index (κ3) is 2.85. The van der Waals surface area contributed by atoms with E-state index in [0.29, 0.717) is 17.1 Å². The van der Waals surface area contributed by atoms with E-state index < -0.39 is 0 Å². The second-order valence-electron chi connectivity index (χ2n) is 6.89. The molecule has 0 unspecified atom stereocenters. The molecule has 122 valence electrons. The molecular formula is C17H21FN4S. The molecule has 1 spiro atoms. The van der Waals surface area contributed by atoms with Gasteiger partial charge in [0.15, 0.2) is 5.82 Å². The van der Waals surface area contributed by atoms with Gasteiger partial charge in [-0.25, -0.2) is 14.4 Å². The van der Waals surface area contributed by atoms with Crippen molar-refractivity contribution in [1.82, 2.24) is 14.9 Å². The first-order chi connectivity index (χ1) is 11.2. The van der Waals surface area contributed by atoms with Crippen molar-refractivity contribution in [2.24, 2.45) is 5.41 Å². The summed E-state index contributed by atoms with van der Waals surface area (Å²) in [5.41, 5.74) is 1.60. The zero-order chi connectivity index (χ0) is 15.9. The van der Waals surface area contributed by atoms with Crippen LogP contribution in [0.1, 0.15) is 19.3 Å². The highest BCUT2D eigenvalue weighted by molar-refractivity contribution is 7.08. The first-order valence-corrected chi connectivity index (χ1v) is 9.08. The molecule has 2 aromatic rings. The molecular weight excluding hydrogens is 311 g/mol. The summed E-state index contributed by atoms with van der Waals surface area (Å²) in [5.74, 6) is 0.316. The summed E-state index contributed by atoms with van der Waals surface area (Å²) in [7, 11) is 2.20. The van der Waals surface area contributed by atoms with E-state index in [2.05, 4.69) is 26.8 Å². The molecule has 0 N–H and O–H groups in total. The summed E-state index contributed by atoms with van der Waals surface area (Å²) in [6, 6.07) is 1.90. The number of nitrogens with zero attached hydrogens (tertiary/aromatic N) is 4. The van der Waals surface area contributed by atoms with Gasteiger partial charge in [-0.15, -0.1) is 0 Å². The summed E-state index contributed by atoms with van der Waals surface area (Å²) in [6.07, 6.45) is 5.01. The molecule has 4 nitrogen and oxygen atoms in total. The molecule has 4 rings (SSSR count). The van der Waals surface area contributed by atoms with Gasteiger partial charge in [-0.1, -0.05) is 0 Å². The summed E-state index contributed by atoms with van der Waals surface area (Å²) in [5, 5.41) is 3.87. The molecule has 2 saturated heterocycles. The van der Waals surface area contributed by atoms with E-state index in [1.165, 1.54) is 32.0 Å². The third-order valence-electron chi connectivity index (χ3n) is 5.10. The van der Waals surface area contributed by atoms with E-state index in [0.717, 1.165) is 25.2 Å². The van der Waals surface area contributed by atoms with E-state index in [1.54, 1.807) is 11.3 Å². The van der Waals surface area contributed by atoms with Crippen molar-refractivity contribution >= 4 is 17.3 Å². The van der Waals surface area contributed by atoms with Gasteiger partial charge in [-0.2, -0.15) is 11.3 Å². The lowest BCUT2D eigenvalue weighted by Crippen LogP contribution is -2.43. The third-order valence-corrected chi connectivity index (χ3v) is 5.78. The lowest BCUT2D eigenvalue weighted by Gasteiger charge is -2.38. The fourth-order valence-corrected chi connectivity index (χ4v) is 4.65. The van der Waals surface area contributed by atoms with Gasteiger partial charge < -0.3 is 9.80 Å².